The Morgan fingerprint density at radius 1 is 1.12 bits per heavy atom. The fraction of sp³-hybridized carbons (Fsp3) is 0.600. The molecule has 3 aliphatic carbocycles. The van der Waals surface area contributed by atoms with E-state index in [2.05, 4.69) is 0 Å². The number of aromatic hydroxyl groups is 1. The molecule has 1 aromatic carbocycles. The van der Waals surface area contributed by atoms with Crippen LogP contribution >= 0.6 is 0 Å². The molecule has 4 N–H and O–H groups in total. The van der Waals surface area contributed by atoms with Crippen molar-refractivity contribution in [3.05, 3.63) is 22.8 Å². The van der Waals surface area contributed by atoms with E-state index >= 15 is 0 Å². The fourth-order valence-electron chi connectivity index (χ4n) is 7.32. The number of primary amides is 1. The summed E-state index contributed by atoms with van der Waals surface area (Å²) in [6, 6.07) is 1.82. The van der Waals surface area contributed by atoms with E-state index in [9.17, 15) is 39.0 Å². The molecule has 216 valence electrons. The Bertz CT molecular complexity index is 1360. The summed E-state index contributed by atoms with van der Waals surface area (Å²) in [7, 11) is 3.60. The number of Topliss-reactive ketones (excluding diaryl/α,β-unsaturated/α-hetero) is 5. The number of aliphatic hydroxyl groups is 1. The Balaban J connectivity index is 2.04. The van der Waals surface area contributed by atoms with Gasteiger partial charge in [-0.25, -0.2) is 0 Å². The van der Waals surface area contributed by atoms with Gasteiger partial charge in [-0.15, -0.1) is 0 Å². The molecule has 40 heavy (non-hydrogen) atoms. The van der Waals surface area contributed by atoms with Crippen LogP contribution in [0, 0.1) is 29.6 Å². The summed E-state index contributed by atoms with van der Waals surface area (Å²) in [5, 5.41) is 23.3. The standard InChI is InChI=1S/C30H38N2O8/c1-8-13(33)9-14-15-11-18(34)21(28(31)39)26(37)30(15,40)27(38)23-19(14)12(2)20-17(32(6)7)10-16(29(3,4)5)24(35)22(20)25(23)36/h10,12,14-15,19,21,23,35,40H,8-9,11H2,1-7H3,(H2,31,39)/t12-,14-,15-,19+,21?,23?,30-/m1/s1. The Morgan fingerprint density at radius 3 is 2.23 bits per heavy atom. The lowest BCUT2D eigenvalue weighted by molar-refractivity contribution is -0.183. The van der Waals surface area contributed by atoms with Crippen molar-refractivity contribution in [3.63, 3.8) is 0 Å². The van der Waals surface area contributed by atoms with Crippen molar-refractivity contribution in [3.8, 4) is 5.75 Å². The Labute approximate surface area is 233 Å². The molecule has 1 aromatic rings. The smallest absolute Gasteiger partial charge is 0.235 e. The van der Waals surface area contributed by atoms with Crippen LogP contribution in [0.3, 0.4) is 0 Å². The van der Waals surface area contributed by atoms with Crippen LogP contribution in [0.25, 0.3) is 0 Å². The van der Waals surface area contributed by atoms with Crippen LogP contribution in [0.15, 0.2) is 6.07 Å². The predicted molar refractivity (Wildman–Crippen MR) is 145 cm³/mol. The molecule has 10 heteroatoms. The van der Waals surface area contributed by atoms with Gasteiger partial charge in [-0.05, 0) is 34.8 Å². The zero-order valence-electron chi connectivity index (χ0n) is 24.0. The summed E-state index contributed by atoms with van der Waals surface area (Å²) in [6.45, 7) is 9.08. The van der Waals surface area contributed by atoms with E-state index in [1.54, 1.807) is 27.9 Å². The maximum atomic E-state index is 14.3. The van der Waals surface area contributed by atoms with Crippen molar-refractivity contribution in [1.82, 2.24) is 0 Å². The third kappa shape index (κ3) is 4.02. The van der Waals surface area contributed by atoms with Gasteiger partial charge < -0.3 is 20.8 Å². The van der Waals surface area contributed by atoms with Gasteiger partial charge in [0.25, 0.3) is 0 Å². The number of phenols is 1. The minimum atomic E-state index is -2.85. The van der Waals surface area contributed by atoms with Crippen LogP contribution in [0.5, 0.6) is 5.75 Å². The number of nitrogens with two attached hydrogens (primary N) is 1. The molecule has 0 aromatic heterocycles. The first-order chi connectivity index (χ1) is 18.4. The van der Waals surface area contributed by atoms with E-state index in [-0.39, 0.29) is 29.9 Å². The highest BCUT2D eigenvalue weighted by Gasteiger charge is 2.70. The molecule has 0 spiro atoms. The van der Waals surface area contributed by atoms with E-state index in [0.717, 1.165) is 0 Å². The van der Waals surface area contributed by atoms with Gasteiger partial charge in [-0.1, -0.05) is 34.6 Å². The normalized spacial score (nSPS) is 31.8. The summed E-state index contributed by atoms with van der Waals surface area (Å²) in [5.74, 6) is -13.0. The van der Waals surface area contributed by atoms with Crippen LogP contribution in [0.2, 0.25) is 0 Å². The van der Waals surface area contributed by atoms with E-state index in [1.807, 2.05) is 31.7 Å². The molecule has 7 atom stereocenters. The number of phenolic OH excluding ortho intramolecular Hbond substituents is 1. The second-order valence-electron chi connectivity index (χ2n) is 12.8. The molecule has 2 unspecified atom stereocenters. The second-order valence-corrected chi connectivity index (χ2v) is 12.8. The maximum absolute atomic E-state index is 14.3. The van der Waals surface area contributed by atoms with Crippen LogP contribution in [0.1, 0.15) is 81.3 Å². The van der Waals surface area contributed by atoms with Crippen molar-refractivity contribution < 1.29 is 39.0 Å². The van der Waals surface area contributed by atoms with Crippen LogP contribution < -0.4 is 10.6 Å². The first kappa shape index (κ1) is 29.6. The second kappa shape index (κ2) is 9.61. The largest absolute Gasteiger partial charge is 0.507 e. The number of carbonyl (C=O) groups excluding carboxylic acids is 6. The van der Waals surface area contributed by atoms with Gasteiger partial charge >= 0.3 is 0 Å². The van der Waals surface area contributed by atoms with Crippen molar-refractivity contribution in [1.29, 1.82) is 0 Å². The van der Waals surface area contributed by atoms with Gasteiger partial charge in [0.15, 0.2) is 34.7 Å². The molecule has 0 aliphatic heterocycles. The average molecular weight is 555 g/mol. The van der Waals surface area contributed by atoms with E-state index < -0.39 is 82.0 Å². The van der Waals surface area contributed by atoms with Crippen molar-refractivity contribution in [2.75, 3.05) is 19.0 Å². The molecule has 1 amide bonds. The quantitative estimate of drug-likeness (QED) is 0.459. The number of ketones is 5. The summed E-state index contributed by atoms with van der Waals surface area (Å²) < 4.78 is 0. The fourth-order valence-corrected chi connectivity index (χ4v) is 7.32. The number of amides is 1. The highest BCUT2D eigenvalue weighted by atomic mass is 16.3. The number of carbonyl (C=O) groups is 6. The lowest BCUT2D eigenvalue weighted by Crippen LogP contribution is -2.71. The summed E-state index contributed by atoms with van der Waals surface area (Å²) in [5.41, 5.74) is 3.51. The molecule has 0 heterocycles. The maximum Gasteiger partial charge on any atom is 0.235 e. The first-order valence-corrected chi connectivity index (χ1v) is 13.7. The molecule has 10 nitrogen and oxygen atoms in total. The monoisotopic (exact) mass is 554 g/mol. The van der Waals surface area contributed by atoms with Crippen LogP contribution in [-0.2, 0) is 29.4 Å². The topological polar surface area (TPSA) is 172 Å². The van der Waals surface area contributed by atoms with Crippen molar-refractivity contribution in [2.24, 2.45) is 35.3 Å². The lowest BCUT2D eigenvalue weighted by atomic mass is 9.47. The van der Waals surface area contributed by atoms with Gasteiger partial charge in [0.1, 0.15) is 11.5 Å². The molecule has 2 fully saturated rings. The molecular weight excluding hydrogens is 516 g/mol. The summed E-state index contributed by atoms with van der Waals surface area (Å²) in [6.07, 6.45) is -0.540. The lowest BCUT2D eigenvalue weighted by Gasteiger charge is -2.55. The number of fused-ring (bicyclic) bond motifs is 3. The molecule has 0 radical (unpaired) electrons. The zero-order chi connectivity index (χ0) is 30.2. The number of rotatable bonds is 5. The van der Waals surface area contributed by atoms with E-state index in [0.29, 0.717) is 16.8 Å². The van der Waals surface area contributed by atoms with E-state index in [1.165, 1.54) is 0 Å². The van der Waals surface area contributed by atoms with Crippen molar-refractivity contribution >= 4 is 40.5 Å². The number of hydrogen-bond donors (Lipinski definition) is 3. The Morgan fingerprint density at radius 2 is 1.73 bits per heavy atom. The molecular formula is C30H38N2O8. The van der Waals surface area contributed by atoms with Crippen LogP contribution in [0.4, 0.5) is 5.69 Å². The SMILES string of the molecule is CCC(=O)C[C@H]1[C@H]2C(C(=O)c3c(O)c(C(C)(C)C)cc(N(C)C)c3[C@@H]2C)C(=O)[C@]2(O)C(=O)C(C(N)=O)C(=O)C[C@H]12. The predicted octanol–water partition coefficient (Wildman–Crippen LogP) is 1.85. The zero-order valence-corrected chi connectivity index (χ0v) is 24.0. The van der Waals surface area contributed by atoms with Gasteiger partial charge in [-0.3, -0.25) is 28.8 Å². The Hall–Kier alpha value is -3.40. The Kier molecular flexibility index (Phi) is 7.11. The molecule has 4 rings (SSSR count). The number of hydrogen-bond acceptors (Lipinski definition) is 9. The van der Waals surface area contributed by atoms with E-state index in [4.69, 9.17) is 5.73 Å². The number of benzene rings is 1. The van der Waals surface area contributed by atoms with Crippen LogP contribution in [-0.4, -0.2) is 64.7 Å². The third-order valence-corrected chi connectivity index (χ3v) is 9.28. The van der Waals surface area contributed by atoms with Gasteiger partial charge in [0.2, 0.25) is 5.91 Å². The molecule has 2 saturated carbocycles. The first-order valence-electron chi connectivity index (χ1n) is 13.7. The van der Waals surface area contributed by atoms with Gasteiger partial charge in [0.05, 0.1) is 11.5 Å². The van der Waals surface area contributed by atoms with Gasteiger partial charge in [0, 0.05) is 50.5 Å². The molecule has 0 bridgehead atoms. The number of nitrogens with zero attached hydrogens (tertiary/aromatic N) is 1. The highest BCUT2D eigenvalue weighted by molar-refractivity contribution is 6.31. The van der Waals surface area contributed by atoms with Crippen molar-refractivity contribution in [2.45, 2.75) is 70.8 Å². The molecule has 3 aliphatic rings. The average Bonchev–Trinajstić information content (AvgIpc) is 2.84. The third-order valence-electron chi connectivity index (χ3n) is 9.28. The minimum absolute atomic E-state index is 0.0494. The minimum Gasteiger partial charge on any atom is -0.507 e. The highest BCUT2D eigenvalue weighted by Crippen LogP contribution is 2.59. The molecule has 0 saturated heterocycles. The summed E-state index contributed by atoms with van der Waals surface area (Å²) in [4.78, 5) is 81.6. The summed E-state index contributed by atoms with van der Waals surface area (Å²) >= 11 is 0. The number of anilines is 1. The van der Waals surface area contributed by atoms with Gasteiger partial charge in [-0.2, -0.15) is 0 Å².